The molecule has 0 unspecified atom stereocenters. The minimum Gasteiger partial charge on any atom is -0.497 e. The van der Waals surface area contributed by atoms with E-state index < -0.39 is 0 Å². The highest BCUT2D eigenvalue weighted by Gasteiger charge is 2.02. The number of fused-ring (bicyclic) bond motifs is 1. The fraction of sp³-hybridized carbons (Fsp3) is 0.150. The Morgan fingerprint density at radius 1 is 0.792 bits per heavy atom. The Bertz CT molecular complexity index is 870. The molecule has 0 saturated heterocycles. The first-order chi connectivity index (χ1) is 11.7. The van der Waals surface area contributed by atoms with Gasteiger partial charge in [-0.3, -0.25) is 5.43 Å². The van der Waals surface area contributed by atoms with Crippen molar-refractivity contribution in [1.82, 2.24) is 0 Å². The van der Waals surface area contributed by atoms with Crippen molar-refractivity contribution in [2.45, 2.75) is 6.92 Å². The number of nitrogens with one attached hydrogen (secondary N) is 1. The second-order valence-electron chi connectivity index (χ2n) is 5.47. The van der Waals surface area contributed by atoms with Gasteiger partial charge in [0, 0.05) is 0 Å². The fourth-order valence-electron chi connectivity index (χ4n) is 2.45. The van der Waals surface area contributed by atoms with E-state index in [1.807, 2.05) is 43.3 Å². The Morgan fingerprint density at radius 2 is 1.42 bits per heavy atom. The van der Waals surface area contributed by atoms with Crippen LogP contribution in [0, 0.1) is 0 Å². The molecule has 0 aliphatic rings. The minimum absolute atomic E-state index is 0.825. The van der Waals surface area contributed by atoms with Gasteiger partial charge < -0.3 is 9.47 Å². The fourth-order valence-corrected chi connectivity index (χ4v) is 2.45. The van der Waals surface area contributed by atoms with E-state index in [1.165, 1.54) is 0 Å². The standard InChI is InChI=1S/C20H20N2O2/c1-14(21-22-18-7-10-19(23-2)11-8-18)15-4-5-17-13-20(24-3)9-6-16(17)12-15/h4-13,22H,1-3H3/b21-14-. The number of hydrogen-bond donors (Lipinski definition) is 1. The zero-order chi connectivity index (χ0) is 16.9. The average molecular weight is 320 g/mol. The van der Waals surface area contributed by atoms with E-state index in [9.17, 15) is 0 Å². The predicted molar refractivity (Wildman–Crippen MR) is 99.3 cm³/mol. The molecule has 3 aromatic carbocycles. The monoisotopic (exact) mass is 320 g/mol. The molecule has 0 radical (unpaired) electrons. The molecule has 0 aromatic heterocycles. The summed E-state index contributed by atoms with van der Waals surface area (Å²) in [5.74, 6) is 1.69. The second-order valence-corrected chi connectivity index (χ2v) is 5.47. The number of anilines is 1. The molecule has 4 nitrogen and oxygen atoms in total. The van der Waals surface area contributed by atoms with Crippen molar-refractivity contribution in [3.8, 4) is 11.5 Å². The molecule has 0 atom stereocenters. The molecule has 0 aliphatic carbocycles. The first kappa shape index (κ1) is 15.9. The van der Waals surface area contributed by atoms with Crippen molar-refractivity contribution in [2.75, 3.05) is 19.6 Å². The van der Waals surface area contributed by atoms with Crippen LogP contribution in [0.2, 0.25) is 0 Å². The maximum absolute atomic E-state index is 5.26. The summed E-state index contributed by atoms with van der Waals surface area (Å²) in [4.78, 5) is 0. The van der Waals surface area contributed by atoms with E-state index in [4.69, 9.17) is 9.47 Å². The van der Waals surface area contributed by atoms with Gasteiger partial charge in [0.15, 0.2) is 0 Å². The van der Waals surface area contributed by atoms with Gasteiger partial charge in [0.2, 0.25) is 0 Å². The van der Waals surface area contributed by atoms with Crippen molar-refractivity contribution in [2.24, 2.45) is 5.10 Å². The van der Waals surface area contributed by atoms with Gasteiger partial charge in [-0.05, 0) is 65.7 Å². The summed E-state index contributed by atoms with van der Waals surface area (Å²) in [5.41, 5.74) is 5.99. The van der Waals surface area contributed by atoms with Crippen LogP contribution in [0.15, 0.2) is 65.8 Å². The molecule has 0 saturated carbocycles. The largest absolute Gasteiger partial charge is 0.497 e. The van der Waals surface area contributed by atoms with Crippen LogP contribution in [-0.2, 0) is 0 Å². The summed E-state index contributed by atoms with van der Waals surface area (Å²) < 4.78 is 10.4. The molecular formula is C20H20N2O2. The van der Waals surface area contributed by atoms with E-state index in [-0.39, 0.29) is 0 Å². The Kier molecular flexibility index (Phi) is 4.66. The van der Waals surface area contributed by atoms with Crippen molar-refractivity contribution in [3.63, 3.8) is 0 Å². The molecule has 3 rings (SSSR count). The lowest BCUT2D eigenvalue weighted by Gasteiger charge is -2.07. The maximum atomic E-state index is 5.26. The normalized spacial score (nSPS) is 11.4. The molecule has 24 heavy (non-hydrogen) atoms. The highest BCUT2D eigenvalue weighted by molar-refractivity contribution is 6.02. The Balaban J connectivity index is 1.80. The van der Waals surface area contributed by atoms with E-state index in [0.29, 0.717) is 0 Å². The number of benzene rings is 3. The summed E-state index contributed by atoms with van der Waals surface area (Å²) in [7, 11) is 3.33. The lowest BCUT2D eigenvalue weighted by Crippen LogP contribution is -1.99. The van der Waals surface area contributed by atoms with E-state index >= 15 is 0 Å². The maximum Gasteiger partial charge on any atom is 0.119 e. The molecule has 122 valence electrons. The van der Waals surface area contributed by atoms with E-state index in [2.05, 4.69) is 34.8 Å². The lowest BCUT2D eigenvalue weighted by molar-refractivity contribution is 0.415. The SMILES string of the molecule is COc1ccc(N/N=C(/C)c2ccc3cc(OC)ccc3c2)cc1. The summed E-state index contributed by atoms with van der Waals surface area (Å²) >= 11 is 0. The van der Waals surface area contributed by atoms with Crippen molar-refractivity contribution >= 4 is 22.2 Å². The second kappa shape index (κ2) is 7.04. The van der Waals surface area contributed by atoms with Crippen LogP contribution in [0.3, 0.4) is 0 Å². The van der Waals surface area contributed by atoms with Crippen LogP contribution >= 0.6 is 0 Å². The van der Waals surface area contributed by atoms with Gasteiger partial charge in [0.05, 0.1) is 25.6 Å². The third-order valence-corrected chi connectivity index (χ3v) is 3.91. The quantitative estimate of drug-likeness (QED) is 0.547. The van der Waals surface area contributed by atoms with E-state index in [0.717, 1.165) is 39.2 Å². The third-order valence-electron chi connectivity index (χ3n) is 3.91. The molecule has 4 heteroatoms. The number of methoxy groups -OCH3 is 2. The summed E-state index contributed by atoms with van der Waals surface area (Å²) in [6.45, 7) is 1.99. The molecule has 0 aliphatic heterocycles. The first-order valence-corrected chi connectivity index (χ1v) is 7.72. The molecule has 1 N–H and O–H groups in total. The number of rotatable bonds is 5. The molecule has 0 heterocycles. The Hall–Kier alpha value is -3.01. The minimum atomic E-state index is 0.825. The van der Waals surface area contributed by atoms with Gasteiger partial charge in [-0.15, -0.1) is 0 Å². The molecular weight excluding hydrogens is 300 g/mol. The van der Waals surface area contributed by atoms with E-state index in [1.54, 1.807) is 14.2 Å². The topological polar surface area (TPSA) is 42.8 Å². The number of hydrogen-bond acceptors (Lipinski definition) is 4. The smallest absolute Gasteiger partial charge is 0.119 e. The van der Waals surface area contributed by atoms with Crippen molar-refractivity contribution in [3.05, 3.63) is 66.2 Å². The van der Waals surface area contributed by atoms with Crippen molar-refractivity contribution < 1.29 is 9.47 Å². The lowest BCUT2D eigenvalue weighted by atomic mass is 10.0. The first-order valence-electron chi connectivity index (χ1n) is 7.72. The third kappa shape index (κ3) is 3.49. The number of ether oxygens (including phenoxy) is 2. The summed E-state index contributed by atoms with van der Waals surface area (Å²) in [6, 6.07) is 20.0. The van der Waals surface area contributed by atoms with Gasteiger partial charge in [-0.1, -0.05) is 18.2 Å². The van der Waals surface area contributed by atoms with Gasteiger partial charge in [0.25, 0.3) is 0 Å². The summed E-state index contributed by atoms with van der Waals surface area (Å²) in [5, 5.41) is 6.77. The van der Waals surface area contributed by atoms with Gasteiger partial charge in [-0.2, -0.15) is 5.10 Å². The van der Waals surface area contributed by atoms with Crippen LogP contribution in [0.5, 0.6) is 11.5 Å². The van der Waals surface area contributed by atoms with Gasteiger partial charge in [-0.25, -0.2) is 0 Å². The van der Waals surface area contributed by atoms with Crippen LogP contribution in [-0.4, -0.2) is 19.9 Å². The highest BCUT2D eigenvalue weighted by atomic mass is 16.5. The Labute approximate surface area is 141 Å². The average Bonchev–Trinajstić information content (AvgIpc) is 2.65. The molecule has 0 bridgehead atoms. The number of hydrazone groups is 1. The predicted octanol–water partition coefficient (Wildman–Crippen LogP) is 4.69. The highest BCUT2D eigenvalue weighted by Crippen LogP contribution is 2.22. The molecule has 0 amide bonds. The molecule has 0 spiro atoms. The zero-order valence-corrected chi connectivity index (χ0v) is 14.0. The zero-order valence-electron chi connectivity index (χ0n) is 14.0. The summed E-state index contributed by atoms with van der Waals surface area (Å²) in [6.07, 6.45) is 0. The van der Waals surface area contributed by atoms with Crippen molar-refractivity contribution in [1.29, 1.82) is 0 Å². The van der Waals surface area contributed by atoms with Gasteiger partial charge >= 0.3 is 0 Å². The molecule has 3 aromatic rings. The van der Waals surface area contributed by atoms with Crippen LogP contribution in [0.1, 0.15) is 12.5 Å². The van der Waals surface area contributed by atoms with Gasteiger partial charge in [0.1, 0.15) is 11.5 Å². The van der Waals surface area contributed by atoms with Crippen LogP contribution in [0.4, 0.5) is 5.69 Å². The van der Waals surface area contributed by atoms with Crippen LogP contribution in [0.25, 0.3) is 10.8 Å². The molecule has 0 fully saturated rings. The Morgan fingerprint density at radius 3 is 2.12 bits per heavy atom. The number of nitrogens with zero attached hydrogens (tertiary/aromatic N) is 1. The van der Waals surface area contributed by atoms with Crippen LogP contribution < -0.4 is 14.9 Å².